The molecule has 2 N–H and O–H groups in total. The van der Waals surface area contributed by atoms with Crippen LogP contribution in [0, 0.1) is 5.82 Å². The van der Waals surface area contributed by atoms with Gasteiger partial charge in [-0.1, -0.05) is 6.07 Å². The zero-order chi connectivity index (χ0) is 9.14. The minimum absolute atomic E-state index is 0. The van der Waals surface area contributed by atoms with Gasteiger partial charge in [-0.3, -0.25) is 0 Å². The van der Waals surface area contributed by atoms with Crippen LogP contribution in [0.3, 0.4) is 0 Å². The molecule has 0 amide bonds. The average molecular weight is 271 g/mol. The molecule has 13 heavy (non-hydrogen) atoms. The van der Waals surface area contributed by atoms with Gasteiger partial charge in [-0.15, -0.1) is 12.4 Å². The summed E-state index contributed by atoms with van der Waals surface area (Å²) in [5.41, 5.74) is 5.77. The second-order valence-corrected chi connectivity index (χ2v) is 3.11. The number of hydrogen-bond acceptors (Lipinski definition) is 2. The SMILES string of the molecule is COc1c(Br)ccc(CN)c1F.Cl. The van der Waals surface area contributed by atoms with Crippen LogP contribution in [0.15, 0.2) is 16.6 Å². The second kappa shape index (κ2) is 5.42. The van der Waals surface area contributed by atoms with Crippen molar-refractivity contribution in [2.75, 3.05) is 7.11 Å². The average Bonchev–Trinajstić information content (AvgIpc) is 2.06. The fourth-order valence-electron chi connectivity index (χ4n) is 0.918. The Morgan fingerprint density at radius 1 is 1.54 bits per heavy atom. The molecule has 0 saturated heterocycles. The van der Waals surface area contributed by atoms with Crippen molar-refractivity contribution < 1.29 is 9.13 Å². The first kappa shape index (κ1) is 12.7. The Bertz CT molecular complexity index is 296. The fraction of sp³-hybridized carbons (Fsp3) is 0.250. The lowest BCUT2D eigenvalue weighted by molar-refractivity contribution is 0.381. The molecule has 1 aromatic rings. The van der Waals surface area contributed by atoms with Crippen LogP contribution >= 0.6 is 28.3 Å². The van der Waals surface area contributed by atoms with Gasteiger partial charge in [-0.25, -0.2) is 4.39 Å². The predicted octanol–water partition coefficient (Wildman–Crippen LogP) is 2.48. The lowest BCUT2D eigenvalue weighted by Crippen LogP contribution is -2.01. The number of rotatable bonds is 2. The van der Waals surface area contributed by atoms with Crippen molar-refractivity contribution in [3.63, 3.8) is 0 Å². The largest absolute Gasteiger partial charge is 0.492 e. The lowest BCUT2D eigenvalue weighted by atomic mass is 10.2. The van der Waals surface area contributed by atoms with Gasteiger partial charge in [0.15, 0.2) is 11.6 Å². The second-order valence-electron chi connectivity index (χ2n) is 2.26. The van der Waals surface area contributed by atoms with Crippen LogP contribution in [-0.4, -0.2) is 7.11 Å². The van der Waals surface area contributed by atoms with Crippen LogP contribution in [0.5, 0.6) is 5.75 Å². The number of ether oxygens (including phenoxy) is 1. The first-order valence-corrected chi connectivity index (χ1v) is 4.21. The maximum Gasteiger partial charge on any atom is 0.170 e. The highest BCUT2D eigenvalue weighted by atomic mass is 79.9. The van der Waals surface area contributed by atoms with Crippen LogP contribution in [0.25, 0.3) is 0 Å². The smallest absolute Gasteiger partial charge is 0.170 e. The Morgan fingerprint density at radius 3 is 2.62 bits per heavy atom. The molecule has 1 rings (SSSR count). The molecule has 0 atom stereocenters. The number of methoxy groups -OCH3 is 1. The van der Waals surface area contributed by atoms with E-state index in [4.69, 9.17) is 10.5 Å². The van der Waals surface area contributed by atoms with Gasteiger partial charge < -0.3 is 10.5 Å². The third-order valence-electron chi connectivity index (χ3n) is 1.55. The third kappa shape index (κ3) is 2.56. The molecular weight excluding hydrogens is 260 g/mol. The van der Waals surface area contributed by atoms with E-state index in [0.29, 0.717) is 10.0 Å². The van der Waals surface area contributed by atoms with Crippen LogP contribution in [0.1, 0.15) is 5.56 Å². The Balaban J connectivity index is 0.00000144. The summed E-state index contributed by atoms with van der Waals surface area (Å²) in [6, 6.07) is 3.34. The maximum absolute atomic E-state index is 13.3. The molecule has 74 valence electrons. The van der Waals surface area contributed by atoms with Gasteiger partial charge in [0.1, 0.15) is 0 Å². The van der Waals surface area contributed by atoms with Crippen molar-refractivity contribution in [1.29, 1.82) is 0 Å². The summed E-state index contributed by atoms with van der Waals surface area (Å²) in [6.45, 7) is 0.176. The molecule has 0 aromatic heterocycles. The molecule has 1 aromatic carbocycles. The normalized spacial score (nSPS) is 9.23. The Morgan fingerprint density at radius 2 is 2.15 bits per heavy atom. The van der Waals surface area contributed by atoms with Gasteiger partial charge in [0.05, 0.1) is 11.6 Å². The summed E-state index contributed by atoms with van der Waals surface area (Å²) in [5.74, 6) is -0.188. The molecule has 0 fully saturated rings. The molecule has 0 aliphatic rings. The van der Waals surface area contributed by atoms with Crippen LogP contribution in [-0.2, 0) is 6.54 Å². The number of halogens is 3. The minimum Gasteiger partial charge on any atom is -0.492 e. The van der Waals surface area contributed by atoms with E-state index in [0.717, 1.165) is 0 Å². The molecule has 0 heterocycles. The summed E-state index contributed by atoms with van der Waals surface area (Å²) < 4.78 is 18.7. The number of benzene rings is 1. The summed E-state index contributed by atoms with van der Waals surface area (Å²) >= 11 is 3.16. The standard InChI is InChI=1S/C8H9BrFNO.ClH/c1-12-8-6(9)3-2-5(4-11)7(8)10;/h2-3H,4,11H2,1H3;1H. The van der Waals surface area contributed by atoms with Crippen molar-refractivity contribution in [1.82, 2.24) is 0 Å². The molecule has 0 bridgehead atoms. The third-order valence-corrected chi connectivity index (χ3v) is 2.18. The van der Waals surface area contributed by atoms with Gasteiger partial charge in [-0.2, -0.15) is 0 Å². The van der Waals surface area contributed by atoms with E-state index in [-0.39, 0.29) is 24.7 Å². The Kier molecular flexibility index (Phi) is 5.29. The summed E-state index contributed by atoms with van der Waals surface area (Å²) in [7, 11) is 1.42. The zero-order valence-corrected chi connectivity index (χ0v) is 9.41. The highest BCUT2D eigenvalue weighted by Gasteiger charge is 2.10. The van der Waals surface area contributed by atoms with Crippen LogP contribution in [0.2, 0.25) is 0 Å². The molecule has 5 heteroatoms. The number of nitrogens with two attached hydrogens (primary N) is 1. The van der Waals surface area contributed by atoms with Gasteiger partial charge in [0.2, 0.25) is 0 Å². The van der Waals surface area contributed by atoms with E-state index < -0.39 is 5.82 Å². The van der Waals surface area contributed by atoms with Crippen molar-refractivity contribution in [3.8, 4) is 5.75 Å². The quantitative estimate of drug-likeness (QED) is 0.896. The maximum atomic E-state index is 13.3. The van der Waals surface area contributed by atoms with Crippen molar-refractivity contribution in [2.45, 2.75) is 6.54 Å². The first-order chi connectivity index (χ1) is 5.70. The topological polar surface area (TPSA) is 35.2 Å². The van der Waals surface area contributed by atoms with Crippen LogP contribution in [0.4, 0.5) is 4.39 Å². The van der Waals surface area contributed by atoms with E-state index in [9.17, 15) is 4.39 Å². The zero-order valence-electron chi connectivity index (χ0n) is 7.01. The molecule has 0 radical (unpaired) electrons. The molecular formula is C8H10BrClFNO. The fourth-order valence-corrected chi connectivity index (χ4v) is 1.39. The summed E-state index contributed by atoms with van der Waals surface area (Å²) in [4.78, 5) is 0. The molecule has 0 spiro atoms. The van der Waals surface area contributed by atoms with E-state index in [1.54, 1.807) is 12.1 Å². The monoisotopic (exact) mass is 269 g/mol. The Hall–Kier alpha value is -0.320. The van der Waals surface area contributed by atoms with E-state index in [1.165, 1.54) is 7.11 Å². The van der Waals surface area contributed by atoms with Crippen molar-refractivity contribution in [2.24, 2.45) is 5.73 Å². The first-order valence-electron chi connectivity index (χ1n) is 3.41. The molecule has 2 nitrogen and oxygen atoms in total. The van der Waals surface area contributed by atoms with E-state index in [2.05, 4.69) is 15.9 Å². The van der Waals surface area contributed by atoms with Crippen LogP contribution < -0.4 is 10.5 Å². The van der Waals surface area contributed by atoms with E-state index >= 15 is 0 Å². The number of hydrogen-bond donors (Lipinski definition) is 1. The minimum atomic E-state index is -0.394. The Labute approximate surface area is 90.8 Å². The molecule has 0 unspecified atom stereocenters. The van der Waals surface area contributed by atoms with Gasteiger partial charge >= 0.3 is 0 Å². The predicted molar refractivity (Wildman–Crippen MR) is 55.8 cm³/mol. The molecule has 0 saturated carbocycles. The van der Waals surface area contributed by atoms with Crippen molar-refractivity contribution in [3.05, 3.63) is 28.0 Å². The molecule has 0 aliphatic carbocycles. The molecule has 0 aliphatic heterocycles. The van der Waals surface area contributed by atoms with E-state index in [1.807, 2.05) is 0 Å². The lowest BCUT2D eigenvalue weighted by Gasteiger charge is -2.07. The summed E-state index contributed by atoms with van der Waals surface area (Å²) in [6.07, 6.45) is 0. The van der Waals surface area contributed by atoms with Gasteiger partial charge in [0.25, 0.3) is 0 Å². The van der Waals surface area contributed by atoms with Gasteiger partial charge in [-0.05, 0) is 22.0 Å². The highest BCUT2D eigenvalue weighted by molar-refractivity contribution is 9.10. The summed E-state index contributed by atoms with van der Waals surface area (Å²) in [5, 5.41) is 0. The van der Waals surface area contributed by atoms with Gasteiger partial charge in [0, 0.05) is 12.1 Å². The van der Waals surface area contributed by atoms with Crippen molar-refractivity contribution >= 4 is 28.3 Å². The highest BCUT2D eigenvalue weighted by Crippen LogP contribution is 2.29.